The summed E-state index contributed by atoms with van der Waals surface area (Å²) in [4.78, 5) is 31.0. The van der Waals surface area contributed by atoms with Crippen molar-refractivity contribution in [3.8, 4) is 0 Å². The van der Waals surface area contributed by atoms with E-state index in [1.54, 1.807) is 6.07 Å². The molecule has 9 heteroatoms. The van der Waals surface area contributed by atoms with E-state index in [4.69, 9.17) is 28.9 Å². The van der Waals surface area contributed by atoms with Gasteiger partial charge in [-0.1, -0.05) is 66.7 Å². The zero-order chi connectivity index (χ0) is 27.7. The van der Waals surface area contributed by atoms with Gasteiger partial charge >= 0.3 is 0 Å². The van der Waals surface area contributed by atoms with Crippen LogP contribution in [0.25, 0.3) is 0 Å². The van der Waals surface area contributed by atoms with Gasteiger partial charge in [0.05, 0.1) is 6.04 Å². The van der Waals surface area contributed by atoms with E-state index in [-0.39, 0.29) is 23.4 Å². The lowest BCUT2D eigenvalue weighted by Gasteiger charge is -2.50. The highest BCUT2D eigenvalue weighted by molar-refractivity contribution is 6.35. The molecule has 1 heterocycles. The fourth-order valence-electron chi connectivity index (χ4n) is 5.90. The van der Waals surface area contributed by atoms with Crippen LogP contribution in [0, 0.1) is 0 Å². The van der Waals surface area contributed by atoms with Crippen LogP contribution < -0.4 is 16.4 Å². The van der Waals surface area contributed by atoms with E-state index in [1.165, 1.54) is 6.42 Å². The van der Waals surface area contributed by atoms with E-state index in [0.29, 0.717) is 54.8 Å². The van der Waals surface area contributed by atoms with Gasteiger partial charge in [0.15, 0.2) is 0 Å². The van der Waals surface area contributed by atoms with Crippen molar-refractivity contribution in [2.75, 3.05) is 45.8 Å². The number of piperazine rings is 1. The molecule has 2 fully saturated rings. The molecule has 212 valence electrons. The van der Waals surface area contributed by atoms with E-state index in [9.17, 15) is 9.59 Å². The van der Waals surface area contributed by atoms with Crippen LogP contribution in [-0.4, -0.2) is 79.0 Å². The largest absolute Gasteiger partial charge is 0.350 e. The number of benzene rings is 2. The third kappa shape index (κ3) is 7.95. The molecule has 1 aliphatic heterocycles. The predicted octanol–water partition coefficient (Wildman–Crippen LogP) is 4.12. The summed E-state index contributed by atoms with van der Waals surface area (Å²) in [6.07, 6.45) is 6.97. The highest BCUT2D eigenvalue weighted by Crippen LogP contribution is 2.34. The SMILES string of the molecule is NCCCNC(Cc1ccc(Cl)cc1Cl)C(=O)N1CCN(C2(CNC(=O)c3ccccc3)CCCCC2)CC1. The molecule has 2 aliphatic rings. The van der Waals surface area contributed by atoms with Crippen molar-refractivity contribution in [2.24, 2.45) is 5.73 Å². The van der Waals surface area contributed by atoms with Gasteiger partial charge in [-0.15, -0.1) is 0 Å². The summed E-state index contributed by atoms with van der Waals surface area (Å²) in [6, 6.07) is 14.4. The molecule has 0 spiro atoms. The Balaban J connectivity index is 1.39. The first-order valence-electron chi connectivity index (χ1n) is 14.2. The minimum Gasteiger partial charge on any atom is -0.350 e. The fourth-order valence-corrected chi connectivity index (χ4v) is 6.39. The van der Waals surface area contributed by atoms with E-state index in [0.717, 1.165) is 50.8 Å². The number of nitrogens with zero attached hydrogens (tertiary/aromatic N) is 2. The van der Waals surface area contributed by atoms with Gasteiger partial charge in [0.25, 0.3) is 5.91 Å². The Labute approximate surface area is 242 Å². The average Bonchev–Trinajstić information content (AvgIpc) is 2.97. The van der Waals surface area contributed by atoms with Crippen molar-refractivity contribution in [3.05, 3.63) is 69.7 Å². The van der Waals surface area contributed by atoms with Gasteiger partial charge in [-0.05, 0) is 68.6 Å². The molecule has 4 rings (SSSR count). The summed E-state index contributed by atoms with van der Waals surface area (Å²) in [5, 5.41) is 7.79. The molecule has 1 saturated carbocycles. The summed E-state index contributed by atoms with van der Waals surface area (Å²) in [6.45, 7) is 4.79. The molecule has 0 radical (unpaired) electrons. The van der Waals surface area contributed by atoms with Crippen LogP contribution in [0.3, 0.4) is 0 Å². The van der Waals surface area contributed by atoms with Gasteiger partial charge in [0, 0.05) is 53.9 Å². The van der Waals surface area contributed by atoms with Crippen LogP contribution in [0.2, 0.25) is 10.0 Å². The minimum absolute atomic E-state index is 0.0263. The van der Waals surface area contributed by atoms with Crippen molar-refractivity contribution in [2.45, 2.75) is 56.5 Å². The molecule has 1 aliphatic carbocycles. The van der Waals surface area contributed by atoms with Crippen molar-refractivity contribution >= 4 is 35.0 Å². The molecule has 7 nitrogen and oxygen atoms in total. The van der Waals surface area contributed by atoms with Crippen LogP contribution in [0.5, 0.6) is 0 Å². The molecule has 0 bridgehead atoms. The number of amides is 2. The van der Waals surface area contributed by atoms with Gasteiger partial charge in [0.1, 0.15) is 0 Å². The number of nitrogens with two attached hydrogens (primary N) is 1. The van der Waals surface area contributed by atoms with E-state index < -0.39 is 0 Å². The topological polar surface area (TPSA) is 90.7 Å². The Morgan fingerprint density at radius 1 is 0.974 bits per heavy atom. The summed E-state index contributed by atoms with van der Waals surface area (Å²) in [5.74, 6) is 0.0642. The van der Waals surface area contributed by atoms with Gasteiger partial charge in [0.2, 0.25) is 5.91 Å². The van der Waals surface area contributed by atoms with E-state index in [1.807, 2.05) is 47.4 Å². The number of carbonyl (C=O) groups excluding carboxylic acids is 2. The number of nitrogens with one attached hydrogen (secondary N) is 2. The van der Waals surface area contributed by atoms with Crippen LogP contribution in [-0.2, 0) is 11.2 Å². The molecule has 2 aromatic carbocycles. The Morgan fingerprint density at radius 3 is 2.36 bits per heavy atom. The monoisotopic (exact) mass is 573 g/mol. The third-order valence-electron chi connectivity index (χ3n) is 8.17. The first kappa shape index (κ1) is 29.8. The maximum Gasteiger partial charge on any atom is 0.251 e. The maximum atomic E-state index is 13.7. The lowest BCUT2D eigenvalue weighted by Crippen LogP contribution is -2.63. The number of halogens is 2. The first-order valence-corrected chi connectivity index (χ1v) is 14.9. The standard InChI is InChI=1S/C30H41Cl2N5O2/c31-25-11-10-24(26(32)21-25)20-27(34-15-7-14-33)29(39)36-16-18-37(19-17-36)30(12-5-2-6-13-30)22-35-28(38)23-8-3-1-4-9-23/h1,3-4,8-11,21,27,34H,2,5-7,12-20,22,33H2,(H,35,38). The van der Waals surface area contributed by atoms with Crippen LogP contribution >= 0.6 is 23.2 Å². The smallest absolute Gasteiger partial charge is 0.251 e. The number of carbonyl (C=O) groups is 2. The van der Waals surface area contributed by atoms with Crippen molar-refractivity contribution in [3.63, 3.8) is 0 Å². The normalized spacial score (nSPS) is 18.5. The van der Waals surface area contributed by atoms with Crippen LogP contribution in [0.4, 0.5) is 0 Å². The second-order valence-corrected chi connectivity index (χ2v) is 11.6. The molecule has 1 unspecified atom stereocenters. The number of rotatable bonds is 11. The third-order valence-corrected chi connectivity index (χ3v) is 8.76. The van der Waals surface area contributed by atoms with Crippen molar-refractivity contribution < 1.29 is 9.59 Å². The lowest BCUT2D eigenvalue weighted by atomic mass is 9.79. The second-order valence-electron chi connectivity index (χ2n) is 10.7. The van der Waals surface area contributed by atoms with Crippen LogP contribution in [0.15, 0.2) is 48.5 Å². The van der Waals surface area contributed by atoms with E-state index >= 15 is 0 Å². The molecule has 4 N–H and O–H groups in total. The maximum absolute atomic E-state index is 13.7. The Morgan fingerprint density at radius 2 is 1.69 bits per heavy atom. The Bertz CT molecular complexity index is 1090. The van der Waals surface area contributed by atoms with Crippen LogP contribution in [0.1, 0.15) is 54.4 Å². The molecular weight excluding hydrogens is 533 g/mol. The second kappa shape index (κ2) is 14.5. The Kier molecular flexibility index (Phi) is 11.1. The van der Waals surface area contributed by atoms with Gasteiger partial charge in [-0.25, -0.2) is 0 Å². The first-order chi connectivity index (χ1) is 18.9. The summed E-state index contributed by atoms with van der Waals surface area (Å²) >= 11 is 12.5. The van der Waals surface area contributed by atoms with Gasteiger partial charge in [-0.2, -0.15) is 0 Å². The molecule has 2 amide bonds. The predicted molar refractivity (Wildman–Crippen MR) is 158 cm³/mol. The molecule has 1 saturated heterocycles. The molecule has 39 heavy (non-hydrogen) atoms. The molecule has 1 atom stereocenters. The molecule has 2 aromatic rings. The summed E-state index contributed by atoms with van der Waals surface area (Å²) in [5.41, 5.74) is 7.22. The molecular formula is C30H41Cl2N5O2. The fraction of sp³-hybridized carbons (Fsp3) is 0.533. The molecule has 0 aromatic heterocycles. The highest BCUT2D eigenvalue weighted by Gasteiger charge is 2.40. The lowest BCUT2D eigenvalue weighted by molar-refractivity contribution is -0.136. The van der Waals surface area contributed by atoms with E-state index in [2.05, 4.69) is 15.5 Å². The summed E-state index contributed by atoms with van der Waals surface area (Å²) < 4.78 is 0. The number of hydrogen-bond donors (Lipinski definition) is 3. The average molecular weight is 575 g/mol. The van der Waals surface area contributed by atoms with Crippen molar-refractivity contribution in [1.82, 2.24) is 20.4 Å². The van der Waals surface area contributed by atoms with Crippen molar-refractivity contribution in [1.29, 1.82) is 0 Å². The quantitative estimate of drug-likeness (QED) is 0.352. The minimum atomic E-state index is -0.379. The Hall–Kier alpha value is -2.16. The zero-order valence-electron chi connectivity index (χ0n) is 22.6. The number of hydrogen-bond acceptors (Lipinski definition) is 5. The highest BCUT2D eigenvalue weighted by atomic mass is 35.5. The van der Waals surface area contributed by atoms with Gasteiger partial charge < -0.3 is 21.3 Å². The summed E-state index contributed by atoms with van der Waals surface area (Å²) in [7, 11) is 0. The van der Waals surface area contributed by atoms with Gasteiger partial charge in [-0.3, -0.25) is 14.5 Å². The zero-order valence-corrected chi connectivity index (χ0v) is 24.2.